The number of aromatic nitrogens is 3. The molecule has 0 amide bonds. The Morgan fingerprint density at radius 3 is 2.88 bits per heavy atom. The average molecular weight is 288 g/mol. The number of rotatable bonds is 4. The summed E-state index contributed by atoms with van der Waals surface area (Å²) in [4.78, 5) is 0. The van der Waals surface area contributed by atoms with Crippen molar-refractivity contribution < 1.29 is 4.74 Å². The molecule has 90 valence electrons. The first-order valence-corrected chi connectivity index (χ1v) is 6.94. The Balaban J connectivity index is 2.25. The summed E-state index contributed by atoms with van der Waals surface area (Å²) < 4.78 is 7.88. The van der Waals surface area contributed by atoms with Gasteiger partial charge in [0.1, 0.15) is 11.9 Å². The van der Waals surface area contributed by atoms with Crippen molar-refractivity contribution in [3.05, 3.63) is 11.6 Å². The van der Waals surface area contributed by atoms with E-state index in [1.165, 1.54) is 0 Å². The van der Waals surface area contributed by atoms with Crippen LogP contribution in [0.25, 0.3) is 0 Å². The summed E-state index contributed by atoms with van der Waals surface area (Å²) in [5, 5.41) is 9.25. The predicted molar refractivity (Wildman–Crippen MR) is 65.4 cm³/mol. The van der Waals surface area contributed by atoms with Gasteiger partial charge in [-0.05, 0) is 18.8 Å². The van der Waals surface area contributed by atoms with Crippen molar-refractivity contribution in [1.82, 2.24) is 14.8 Å². The minimum atomic E-state index is 0.152. The van der Waals surface area contributed by atoms with E-state index >= 15 is 0 Å². The summed E-state index contributed by atoms with van der Waals surface area (Å²) >= 11 is 3.46. The first-order chi connectivity index (χ1) is 7.72. The lowest BCUT2D eigenvalue weighted by Crippen LogP contribution is -2.14. The van der Waals surface area contributed by atoms with E-state index in [0.717, 1.165) is 43.0 Å². The molecule has 16 heavy (non-hydrogen) atoms. The highest BCUT2D eigenvalue weighted by Crippen LogP contribution is 2.28. The highest BCUT2D eigenvalue weighted by atomic mass is 79.9. The molecule has 0 spiro atoms. The number of alkyl halides is 1. The van der Waals surface area contributed by atoms with E-state index in [9.17, 15) is 0 Å². The molecule has 1 aromatic heterocycles. The van der Waals surface area contributed by atoms with E-state index in [-0.39, 0.29) is 6.10 Å². The highest BCUT2D eigenvalue weighted by Gasteiger charge is 2.25. The lowest BCUT2D eigenvalue weighted by atomic mass is 10.2. The molecule has 1 aliphatic heterocycles. The van der Waals surface area contributed by atoms with Crippen LogP contribution in [0.3, 0.4) is 0 Å². The second-order valence-corrected chi connectivity index (χ2v) is 5.17. The fraction of sp³-hybridized carbons (Fsp3) is 0.818. The monoisotopic (exact) mass is 287 g/mol. The van der Waals surface area contributed by atoms with Gasteiger partial charge in [0.25, 0.3) is 0 Å². The molecule has 5 heteroatoms. The molecule has 1 aromatic rings. The van der Waals surface area contributed by atoms with Gasteiger partial charge in [0.05, 0.1) is 5.33 Å². The smallest absolute Gasteiger partial charge is 0.162 e. The Hall–Kier alpha value is -0.420. The van der Waals surface area contributed by atoms with Gasteiger partial charge in [-0.25, -0.2) is 0 Å². The molecule has 0 aromatic carbocycles. The summed E-state index contributed by atoms with van der Waals surface area (Å²) in [6.45, 7) is 6.22. The molecule has 0 radical (unpaired) electrons. The van der Waals surface area contributed by atoms with Crippen molar-refractivity contribution >= 4 is 15.9 Å². The molecule has 0 saturated carbocycles. The molecule has 1 atom stereocenters. The van der Waals surface area contributed by atoms with Gasteiger partial charge in [-0.2, -0.15) is 0 Å². The van der Waals surface area contributed by atoms with Crippen molar-refractivity contribution in [2.45, 2.75) is 44.7 Å². The van der Waals surface area contributed by atoms with E-state index in [0.29, 0.717) is 5.92 Å². The fourth-order valence-electron chi connectivity index (χ4n) is 2.03. The van der Waals surface area contributed by atoms with Crippen LogP contribution in [-0.4, -0.2) is 21.4 Å². The van der Waals surface area contributed by atoms with Crippen LogP contribution in [0, 0.1) is 5.92 Å². The van der Waals surface area contributed by atoms with Crippen LogP contribution in [0.15, 0.2) is 0 Å². The lowest BCUT2D eigenvalue weighted by Gasteiger charge is -2.14. The number of hydrogen-bond donors (Lipinski definition) is 0. The zero-order valence-electron chi connectivity index (χ0n) is 9.82. The van der Waals surface area contributed by atoms with Crippen LogP contribution >= 0.6 is 15.9 Å². The molecule has 0 N–H and O–H groups in total. The van der Waals surface area contributed by atoms with Crippen molar-refractivity contribution in [2.75, 3.05) is 6.61 Å². The summed E-state index contributed by atoms with van der Waals surface area (Å²) in [6, 6.07) is 0. The van der Waals surface area contributed by atoms with E-state index in [2.05, 4.69) is 44.5 Å². The van der Waals surface area contributed by atoms with Crippen molar-refractivity contribution in [2.24, 2.45) is 5.92 Å². The van der Waals surface area contributed by atoms with Gasteiger partial charge in [-0.15, -0.1) is 10.2 Å². The molecule has 1 unspecified atom stereocenters. The molecular weight excluding hydrogens is 270 g/mol. The van der Waals surface area contributed by atoms with Gasteiger partial charge < -0.3 is 9.30 Å². The summed E-state index contributed by atoms with van der Waals surface area (Å²) in [6.07, 6.45) is 2.35. The number of halogens is 1. The van der Waals surface area contributed by atoms with Gasteiger partial charge in [0.2, 0.25) is 0 Å². The normalized spacial score (nSPS) is 20.9. The maximum absolute atomic E-state index is 5.68. The van der Waals surface area contributed by atoms with E-state index < -0.39 is 0 Å². The first kappa shape index (κ1) is 12.0. The molecule has 1 saturated heterocycles. The Labute approximate surface area is 105 Å². The predicted octanol–water partition coefficient (Wildman–Crippen LogP) is 2.68. The molecule has 1 aliphatic rings. The second kappa shape index (κ2) is 5.27. The summed E-state index contributed by atoms with van der Waals surface area (Å²) in [5.41, 5.74) is 0. The van der Waals surface area contributed by atoms with Crippen LogP contribution in [0.5, 0.6) is 0 Å². The van der Waals surface area contributed by atoms with Crippen molar-refractivity contribution in [1.29, 1.82) is 0 Å². The number of nitrogens with zero attached hydrogens (tertiary/aromatic N) is 3. The van der Waals surface area contributed by atoms with Crippen LogP contribution in [-0.2, 0) is 16.6 Å². The third-order valence-corrected chi connectivity index (χ3v) is 3.24. The molecular formula is C11H18BrN3O. The zero-order valence-corrected chi connectivity index (χ0v) is 11.4. The quantitative estimate of drug-likeness (QED) is 0.800. The Kier molecular flexibility index (Phi) is 3.97. The topological polar surface area (TPSA) is 39.9 Å². The van der Waals surface area contributed by atoms with Crippen molar-refractivity contribution in [3.63, 3.8) is 0 Å². The second-order valence-electron chi connectivity index (χ2n) is 4.61. The molecule has 0 bridgehead atoms. The first-order valence-electron chi connectivity index (χ1n) is 5.82. The van der Waals surface area contributed by atoms with Crippen LogP contribution in [0.2, 0.25) is 0 Å². The highest BCUT2D eigenvalue weighted by molar-refractivity contribution is 9.08. The third kappa shape index (κ3) is 2.46. The van der Waals surface area contributed by atoms with Gasteiger partial charge in [0.15, 0.2) is 5.82 Å². The van der Waals surface area contributed by atoms with Crippen LogP contribution in [0.1, 0.15) is 44.4 Å². The van der Waals surface area contributed by atoms with Crippen LogP contribution < -0.4 is 0 Å². The lowest BCUT2D eigenvalue weighted by molar-refractivity contribution is 0.101. The Morgan fingerprint density at radius 1 is 1.50 bits per heavy atom. The average Bonchev–Trinajstić information content (AvgIpc) is 2.84. The van der Waals surface area contributed by atoms with E-state index in [1.807, 2.05) is 0 Å². The zero-order chi connectivity index (χ0) is 11.5. The van der Waals surface area contributed by atoms with Crippen LogP contribution in [0.4, 0.5) is 0 Å². The summed E-state index contributed by atoms with van der Waals surface area (Å²) in [7, 11) is 0. The SMILES string of the molecule is CC(C)Cn1c(CBr)nnc1C1CCCO1. The third-order valence-electron chi connectivity index (χ3n) is 2.74. The maximum atomic E-state index is 5.68. The Bertz CT molecular complexity index is 345. The molecule has 4 nitrogen and oxygen atoms in total. The van der Waals surface area contributed by atoms with E-state index in [1.54, 1.807) is 0 Å². The standard InChI is InChI=1S/C11H18BrN3O/c1-8(2)7-15-10(6-12)13-14-11(15)9-4-3-5-16-9/h8-9H,3-7H2,1-2H3. The van der Waals surface area contributed by atoms with Crippen molar-refractivity contribution in [3.8, 4) is 0 Å². The van der Waals surface area contributed by atoms with Gasteiger partial charge in [0, 0.05) is 13.2 Å². The number of ether oxygens (including phenoxy) is 1. The van der Waals surface area contributed by atoms with Gasteiger partial charge >= 0.3 is 0 Å². The molecule has 0 aliphatic carbocycles. The molecule has 2 rings (SSSR count). The number of hydrogen-bond acceptors (Lipinski definition) is 3. The molecule has 2 heterocycles. The maximum Gasteiger partial charge on any atom is 0.162 e. The summed E-state index contributed by atoms with van der Waals surface area (Å²) in [5.74, 6) is 2.59. The molecule has 1 fully saturated rings. The van der Waals surface area contributed by atoms with Gasteiger partial charge in [-0.3, -0.25) is 0 Å². The largest absolute Gasteiger partial charge is 0.370 e. The van der Waals surface area contributed by atoms with E-state index in [4.69, 9.17) is 4.74 Å². The van der Waals surface area contributed by atoms with Gasteiger partial charge in [-0.1, -0.05) is 29.8 Å². The fourth-order valence-corrected chi connectivity index (χ4v) is 2.45. The minimum absolute atomic E-state index is 0.152. The minimum Gasteiger partial charge on any atom is -0.370 e. The Morgan fingerprint density at radius 2 is 2.31 bits per heavy atom.